The second-order valence-corrected chi connectivity index (χ2v) is 7.30. The van der Waals surface area contributed by atoms with E-state index in [1.54, 1.807) is 0 Å². The van der Waals surface area contributed by atoms with Crippen molar-refractivity contribution in [3.8, 4) is 5.75 Å². The Morgan fingerprint density at radius 3 is 2.33 bits per heavy atom. The second-order valence-electron chi connectivity index (χ2n) is 3.73. The van der Waals surface area contributed by atoms with Crippen LogP contribution in [-0.2, 0) is 4.74 Å². The van der Waals surface area contributed by atoms with Gasteiger partial charge in [-0.3, -0.25) is 0 Å². The van der Waals surface area contributed by atoms with Crippen LogP contribution >= 0.6 is 67.8 Å². The van der Waals surface area contributed by atoms with Gasteiger partial charge in [0.25, 0.3) is 0 Å². The minimum Gasteiger partial charge on any atom is -0.488 e. The standard InChI is InChI=1S/C10H9I3O2/c1-10(5-15-10)4-14-9-7(12)2-6(11)3-8(9)13/h2-3H,4-5H2,1H3. The Morgan fingerprint density at radius 1 is 1.33 bits per heavy atom. The molecule has 0 aliphatic carbocycles. The highest BCUT2D eigenvalue weighted by molar-refractivity contribution is 14.1. The molecule has 1 aromatic rings. The van der Waals surface area contributed by atoms with Crippen molar-refractivity contribution in [1.29, 1.82) is 0 Å². The Kier molecular flexibility index (Phi) is 4.05. The molecule has 0 radical (unpaired) electrons. The van der Waals surface area contributed by atoms with Crippen LogP contribution < -0.4 is 4.74 Å². The Labute approximate surface area is 130 Å². The Bertz CT molecular complexity index is 365. The molecule has 1 aliphatic heterocycles. The van der Waals surface area contributed by atoms with E-state index in [9.17, 15) is 0 Å². The zero-order chi connectivity index (χ0) is 11.1. The van der Waals surface area contributed by atoms with E-state index in [1.807, 2.05) is 0 Å². The summed E-state index contributed by atoms with van der Waals surface area (Å²) in [4.78, 5) is 0. The number of hydrogen-bond acceptors (Lipinski definition) is 2. The fourth-order valence-electron chi connectivity index (χ4n) is 1.10. The molecule has 0 bridgehead atoms. The molecule has 5 heteroatoms. The molecule has 15 heavy (non-hydrogen) atoms. The molecular formula is C10H9I3O2. The van der Waals surface area contributed by atoms with Crippen LogP contribution in [0.1, 0.15) is 6.92 Å². The summed E-state index contributed by atoms with van der Waals surface area (Å²) in [5, 5.41) is 0. The summed E-state index contributed by atoms with van der Waals surface area (Å²) in [5.74, 6) is 0.980. The summed E-state index contributed by atoms with van der Waals surface area (Å²) < 4.78 is 14.7. The molecule has 1 unspecified atom stereocenters. The predicted molar refractivity (Wildman–Crippen MR) is 84.4 cm³/mol. The van der Waals surface area contributed by atoms with Crippen LogP contribution in [0.25, 0.3) is 0 Å². The minimum atomic E-state index is -0.0465. The number of benzene rings is 1. The van der Waals surface area contributed by atoms with Gasteiger partial charge in [-0.25, -0.2) is 0 Å². The van der Waals surface area contributed by atoms with Gasteiger partial charge in [-0.05, 0) is 86.8 Å². The molecule has 1 atom stereocenters. The van der Waals surface area contributed by atoms with E-state index in [1.165, 1.54) is 3.57 Å². The smallest absolute Gasteiger partial charge is 0.146 e. The van der Waals surface area contributed by atoms with Crippen molar-refractivity contribution in [1.82, 2.24) is 0 Å². The summed E-state index contributed by atoms with van der Waals surface area (Å²) in [7, 11) is 0. The molecular weight excluding hydrogens is 533 g/mol. The maximum absolute atomic E-state index is 5.81. The van der Waals surface area contributed by atoms with Crippen molar-refractivity contribution in [2.75, 3.05) is 13.2 Å². The molecule has 1 saturated heterocycles. The topological polar surface area (TPSA) is 21.8 Å². The first kappa shape index (κ1) is 12.6. The first-order valence-electron chi connectivity index (χ1n) is 4.41. The molecule has 0 saturated carbocycles. The zero-order valence-electron chi connectivity index (χ0n) is 8.02. The van der Waals surface area contributed by atoms with E-state index in [-0.39, 0.29) is 5.60 Å². The molecule has 2 nitrogen and oxygen atoms in total. The SMILES string of the molecule is CC1(COc2c(I)cc(I)cc2I)CO1. The van der Waals surface area contributed by atoms with Crippen LogP contribution in [0.15, 0.2) is 12.1 Å². The van der Waals surface area contributed by atoms with E-state index < -0.39 is 0 Å². The predicted octanol–water partition coefficient (Wildman–Crippen LogP) is 3.67. The van der Waals surface area contributed by atoms with Gasteiger partial charge in [-0.2, -0.15) is 0 Å². The monoisotopic (exact) mass is 542 g/mol. The number of epoxide rings is 1. The minimum absolute atomic E-state index is 0.0465. The van der Waals surface area contributed by atoms with Gasteiger partial charge in [-0.15, -0.1) is 0 Å². The largest absolute Gasteiger partial charge is 0.488 e. The summed E-state index contributed by atoms with van der Waals surface area (Å²) in [6, 6.07) is 4.24. The maximum Gasteiger partial charge on any atom is 0.146 e. The highest BCUT2D eigenvalue weighted by atomic mass is 127. The fourth-order valence-corrected chi connectivity index (χ4v) is 4.99. The number of halogens is 3. The van der Waals surface area contributed by atoms with Gasteiger partial charge in [0, 0.05) is 3.57 Å². The van der Waals surface area contributed by atoms with Gasteiger partial charge in [0.15, 0.2) is 0 Å². The van der Waals surface area contributed by atoms with E-state index in [0.29, 0.717) is 6.61 Å². The van der Waals surface area contributed by atoms with Gasteiger partial charge in [0.2, 0.25) is 0 Å². The van der Waals surface area contributed by atoms with Crippen molar-refractivity contribution < 1.29 is 9.47 Å². The van der Waals surface area contributed by atoms with E-state index in [2.05, 4.69) is 86.8 Å². The van der Waals surface area contributed by atoms with Crippen LogP contribution in [0.3, 0.4) is 0 Å². The molecule has 0 amide bonds. The maximum atomic E-state index is 5.81. The molecule has 2 rings (SSSR count). The lowest BCUT2D eigenvalue weighted by Crippen LogP contribution is -2.17. The summed E-state index contributed by atoms with van der Waals surface area (Å²) >= 11 is 6.93. The van der Waals surface area contributed by atoms with E-state index in [4.69, 9.17) is 9.47 Å². The first-order chi connectivity index (χ1) is 7.00. The van der Waals surface area contributed by atoms with Crippen LogP contribution in [0.5, 0.6) is 5.75 Å². The number of rotatable bonds is 3. The van der Waals surface area contributed by atoms with Crippen molar-refractivity contribution >= 4 is 67.8 Å². The average Bonchev–Trinajstić information content (AvgIpc) is 2.82. The number of hydrogen-bond donors (Lipinski definition) is 0. The molecule has 0 aromatic heterocycles. The first-order valence-corrected chi connectivity index (χ1v) is 7.65. The second kappa shape index (κ2) is 4.81. The van der Waals surface area contributed by atoms with Gasteiger partial charge >= 0.3 is 0 Å². The Balaban J connectivity index is 2.13. The lowest BCUT2D eigenvalue weighted by Gasteiger charge is -2.12. The molecule has 1 heterocycles. The highest BCUT2D eigenvalue weighted by Gasteiger charge is 2.40. The third-order valence-corrected chi connectivity index (χ3v) is 4.35. The van der Waals surface area contributed by atoms with Crippen molar-refractivity contribution in [3.63, 3.8) is 0 Å². The third-order valence-electron chi connectivity index (χ3n) is 2.12. The molecule has 1 aromatic carbocycles. The van der Waals surface area contributed by atoms with Gasteiger partial charge in [0.05, 0.1) is 13.7 Å². The van der Waals surface area contributed by atoms with E-state index in [0.717, 1.165) is 19.5 Å². The fraction of sp³-hybridized carbons (Fsp3) is 0.400. The molecule has 82 valence electrons. The summed E-state index contributed by atoms with van der Waals surface area (Å²) in [6.45, 7) is 3.52. The highest BCUT2D eigenvalue weighted by Crippen LogP contribution is 2.32. The van der Waals surface area contributed by atoms with Crippen LogP contribution in [0, 0.1) is 10.7 Å². The molecule has 1 fully saturated rings. The summed E-state index contributed by atoms with van der Waals surface area (Å²) in [6.07, 6.45) is 0. The Morgan fingerprint density at radius 2 is 1.87 bits per heavy atom. The molecule has 0 N–H and O–H groups in total. The zero-order valence-corrected chi connectivity index (χ0v) is 14.5. The average molecular weight is 542 g/mol. The van der Waals surface area contributed by atoms with Crippen molar-refractivity contribution in [2.45, 2.75) is 12.5 Å². The number of ether oxygens (including phenoxy) is 2. The molecule has 1 aliphatic rings. The van der Waals surface area contributed by atoms with E-state index >= 15 is 0 Å². The Hall–Kier alpha value is 1.17. The van der Waals surface area contributed by atoms with Crippen LogP contribution in [0.4, 0.5) is 0 Å². The molecule has 0 spiro atoms. The third kappa shape index (κ3) is 3.32. The summed E-state index contributed by atoms with van der Waals surface area (Å²) in [5.41, 5.74) is -0.0465. The van der Waals surface area contributed by atoms with Crippen LogP contribution in [-0.4, -0.2) is 18.8 Å². The van der Waals surface area contributed by atoms with Crippen LogP contribution in [0.2, 0.25) is 0 Å². The van der Waals surface area contributed by atoms with Gasteiger partial charge in [-0.1, -0.05) is 0 Å². The lowest BCUT2D eigenvalue weighted by atomic mass is 10.2. The lowest BCUT2D eigenvalue weighted by molar-refractivity contribution is 0.200. The van der Waals surface area contributed by atoms with Crippen molar-refractivity contribution in [2.24, 2.45) is 0 Å². The quantitative estimate of drug-likeness (QED) is 0.430. The van der Waals surface area contributed by atoms with Gasteiger partial charge in [0.1, 0.15) is 18.0 Å². The van der Waals surface area contributed by atoms with Crippen molar-refractivity contribution in [3.05, 3.63) is 22.8 Å². The normalized spacial score (nSPS) is 24.0. The van der Waals surface area contributed by atoms with Gasteiger partial charge < -0.3 is 9.47 Å².